The molecule has 0 aromatic rings. The second-order valence-electron chi connectivity index (χ2n) is 3.03. The van der Waals surface area contributed by atoms with Gasteiger partial charge in [0.15, 0.2) is 0 Å². The highest BCUT2D eigenvalue weighted by Gasteiger charge is 1.83. The third-order valence-electron chi connectivity index (χ3n) is 1.90. The average Bonchev–Trinajstić information content (AvgIpc) is 2.05. The summed E-state index contributed by atoms with van der Waals surface area (Å²) in [6.07, 6.45) is 21.5. The highest BCUT2D eigenvalue weighted by molar-refractivity contribution is 5.04. The van der Waals surface area contributed by atoms with Gasteiger partial charge in [-0.15, -0.1) is 0 Å². The highest BCUT2D eigenvalue weighted by atomic mass is 13.9. The topological polar surface area (TPSA) is 0 Å². The van der Waals surface area contributed by atoms with Gasteiger partial charge in [-0.1, -0.05) is 36.5 Å². The van der Waals surface area contributed by atoms with Crippen LogP contribution in [0.25, 0.3) is 0 Å². The summed E-state index contributed by atoms with van der Waals surface area (Å²) in [6, 6.07) is 0. The molecular weight excluding hydrogens is 144 g/mol. The fourth-order valence-electron chi connectivity index (χ4n) is 1.18. The van der Waals surface area contributed by atoms with Crippen molar-refractivity contribution in [2.24, 2.45) is 0 Å². The van der Waals surface area contributed by atoms with E-state index in [0.717, 1.165) is 6.42 Å². The predicted molar refractivity (Wildman–Crippen MR) is 54.8 cm³/mol. The minimum absolute atomic E-state index is 1.16. The first kappa shape index (κ1) is 9.31. The van der Waals surface area contributed by atoms with Crippen molar-refractivity contribution in [3.63, 3.8) is 0 Å². The average molecular weight is 161 g/mol. The molecule has 1 aliphatic rings. The van der Waals surface area contributed by atoms with Gasteiger partial charge in [-0.25, -0.2) is 0 Å². The van der Waals surface area contributed by atoms with Crippen LogP contribution >= 0.6 is 0 Å². The first-order valence-electron chi connectivity index (χ1n) is 4.80. The van der Waals surface area contributed by atoms with Gasteiger partial charge >= 0.3 is 0 Å². The van der Waals surface area contributed by atoms with Gasteiger partial charge in [-0.3, -0.25) is 0 Å². The van der Waals surface area contributed by atoms with Crippen LogP contribution in [0.4, 0.5) is 0 Å². The van der Waals surface area contributed by atoms with E-state index in [9.17, 15) is 0 Å². The maximum absolute atomic E-state index is 2.26. The smallest absolute Gasteiger partial charge is 0.0167 e. The SMILES string of the molecule is [CH]1/C=C/CCC/C=C\C=C\CC1. The van der Waals surface area contributed by atoms with Crippen LogP contribution in [0.5, 0.6) is 0 Å². The lowest BCUT2D eigenvalue weighted by Crippen LogP contribution is -1.74. The molecule has 0 spiro atoms. The minimum atomic E-state index is 1.16. The van der Waals surface area contributed by atoms with Crippen LogP contribution < -0.4 is 0 Å². The number of rotatable bonds is 0. The van der Waals surface area contributed by atoms with Gasteiger partial charge < -0.3 is 0 Å². The van der Waals surface area contributed by atoms with E-state index in [2.05, 4.69) is 42.9 Å². The number of allylic oxidation sites excluding steroid dienone is 6. The Balaban J connectivity index is 2.30. The third kappa shape index (κ3) is 4.95. The van der Waals surface area contributed by atoms with Crippen molar-refractivity contribution in [3.05, 3.63) is 42.9 Å². The molecule has 1 rings (SSSR count). The summed E-state index contributed by atoms with van der Waals surface area (Å²) in [5.41, 5.74) is 0. The molecule has 0 bridgehead atoms. The van der Waals surface area contributed by atoms with Crippen molar-refractivity contribution in [2.75, 3.05) is 0 Å². The van der Waals surface area contributed by atoms with E-state index in [1.165, 1.54) is 25.7 Å². The fourth-order valence-corrected chi connectivity index (χ4v) is 1.18. The second-order valence-corrected chi connectivity index (χ2v) is 3.03. The fraction of sp³-hybridized carbons (Fsp3) is 0.417. The van der Waals surface area contributed by atoms with Crippen LogP contribution in [-0.2, 0) is 0 Å². The van der Waals surface area contributed by atoms with Gasteiger partial charge in [0.2, 0.25) is 0 Å². The summed E-state index contributed by atoms with van der Waals surface area (Å²) >= 11 is 0. The molecule has 0 aliphatic heterocycles. The lowest BCUT2D eigenvalue weighted by molar-refractivity contribution is 0.864. The van der Waals surface area contributed by atoms with Gasteiger partial charge in [0.25, 0.3) is 0 Å². The van der Waals surface area contributed by atoms with Gasteiger partial charge in [0, 0.05) is 0 Å². The van der Waals surface area contributed by atoms with Gasteiger partial charge in [0.1, 0.15) is 0 Å². The lowest BCUT2D eigenvalue weighted by atomic mass is 10.1. The molecule has 65 valence electrons. The summed E-state index contributed by atoms with van der Waals surface area (Å²) in [4.78, 5) is 0. The van der Waals surface area contributed by atoms with Crippen LogP contribution in [0.3, 0.4) is 0 Å². The Bertz CT molecular complexity index is 152. The van der Waals surface area contributed by atoms with Crippen LogP contribution in [-0.4, -0.2) is 0 Å². The van der Waals surface area contributed by atoms with E-state index in [1.807, 2.05) is 0 Å². The Hall–Kier alpha value is -0.780. The Morgan fingerprint density at radius 1 is 0.583 bits per heavy atom. The van der Waals surface area contributed by atoms with Crippen LogP contribution in [0.15, 0.2) is 36.5 Å². The van der Waals surface area contributed by atoms with E-state index < -0.39 is 0 Å². The van der Waals surface area contributed by atoms with E-state index in [-0.39, 0.29) is 0 Å². The molecule has 0 amide bonds. The zero-order chi connectivity index (χ0) is 8.49. The van der Waals surface area contributed by atoms with Crippen LogP contribution in [0.1, 0.15) is 32.1 Å². The van der Waals surface area contributed by atoms with E-state index in [0.29, 0.717) is 0 Å². The molecular formula is C12H17. The summed E-state index contributed by atoms with van der Waals surface area (Å²) in [7, 11) is 0. The maximum atomic E-state index is 2.26. The summed E-state index contributed by atoms with van der Waals surface area (Å²) < 4.78 is 0. The molecule has 0 heterocycles. The van der Waals surface area contributed by atoms with Crippen LogP contribution in [0, 0.1) is 6.42 Å². The Morgan fingerprint density at radius 2 is 1.25 bits per heavy atom. The molecule has 0 aromatic carbocycles. The van der Waals surface area contributed by atoms with Crippen molar-refractivity contribution in [3.8, 4) is 0 Å². The maximum Gasteiger partial charge on any atom is -0.0167 e. The third-order valence-corrected chi connectivity index (χ3v) is 1.90. The van der Waals surface area contributed by atoms with Crippen molar-refractivity contribution in [1.29, 1.82) is 0 Å². The molecule has 12 heavy (non-hydrogen) atoms. The van der Waals surface area contributed by atoms with Gasteiger partial charge in [-0.05, 0) is 38.5 Å². The molecule has 0 unspecified atom stereocenters. The van der Waals surface area contributed by atoms with Gasteiger partial charge in [-0.2, -0.15) is 0 Å². The molecule has 0 N–H and O–H groups in total. The largest absolute Gasteiger partial charge is 0.0882 e. The minimum Gasteiger partial charge on any atom is -0.0882 e. The van der Waals surface area contributed by atoms with Crippen molar-refractivity contribution in [2.45, 2.75) is 32.1 Å². The summed E-state index contributed by atoms with van der Waals surface area (Å²) in [5.74, 6) is 0. The van der Waals surface area contributed by atoms with E-state index in [4.69, 9.17) is 0 Å². The number of hydrogen-bond acceptors (Lipinski definition) is 0. The normalized spacial score (nSPS) is 28.0. The molecule has 1 aliphatic carbocycles. The van der Waals surface area contributed by atoms with Crippen LogP contribution in [0.2, 0.25) is 0 Å². The molecule has 0 aromatic heterocycles. The molecule has 0 atom stereocenters. The first-order chi connectivity index (χ1) is 6.00. The molecule has 0 nitrogen and oxygen atoms in total. The molecule has 0 heteroatoms. The zero-order valence-electron chi connectivity index (χ0n) is 7.58. The number of hydrogen-bond donors (Lipinski definition) is 0. The second kappa shape index (κ2) is 6.90. The lowest BCUT2D eigenvalue weighted by Gasteiger charge is -1.93. The quantitative estimate of drug-likeness (QED) is 0.506. The van der Waals surface area contributed by atoms with Gasteiger partial charge in [0.05, 0.1) is 0 Å². The monoisotopic (exact) mass is 161 g/mol. The Morgan fingerprint density at radius 3 is 2.08 bits per heavy atom. The highest BCUT2D eigenvalue weighted by Crippen LogP contribution is 2.03. The molecule has 0 fully saturated rings. The Kier molecular flexibility index (Phi) is 5.35. The first-order valence-corrected chi connectivity index (χ1v) is 4.80. The molecule has 0 saturated heterocycles. The molecule has 0 saturated carbocycles. The van der Waals surface area contributed by atoms with Crippen molar-refractivity contribution < 1.29 is 0 Å². The summed E-state index contributed by atoms with van der Waals surface area (Å²) in [6.45, 7) is 0. The standard InChI is InChI=1S/C12H17/c1-2-4-6-8-10-12-11-9-7-5-3-1/h1-4,9,11-12H,5-8,10H2/b3-1+,4-2-,12-11+. The molecule has 1 radical (unpaired) electrons. The summed E-state index contributed by atoms with van der Waals surface area (Å²) in [5, 5.41) is 0. The van der Waals surface area contributed by atoms with Crippen molar-refractivity contribution in [1.82, 2.24) is 0 Å². The predicted octanol–water partition coefficient (Wildman–Crippen LogP) is 3.82. The van der Waals surface area contributed by atoms with Crippen molar-refractivity contribution >= 4 is 0 Å². The van der Waals surface area contributed by atoms with E-state index in [1.54, 1.807) is 0 Å². The Labute approximate surface area is 75.7 Å². The van der Waals surface area contributed by atoms with E-state index >= 15 is 0 Å². The zero-order valence-corrected chi connectivity index (χ0v) is 7.58.